The van der Waals surface area contributed by atoms with Gasteiger partial charge in [-0.3, -0.25) is 0 Å². The molecule has 0 unspecified atom stereocenters. The molecule has 1 aliphatic heterocycles. The van der Waals surface area contributed by atoms with Crippen molar-refractivity contribution in [3.05, 3.63) is 47.3 Å². The number of carboxylic acids is 1. The SMILES string of the molecule is COc1cc(N2Cc3ccc(C(=O)O)cc3C2)ncn1. The molecule has 102 valence electrons. The molecular formula is C14H13N3O3. The number of methoxy groups -OCH3 is 1. The smallest absolute Gasteiger partial charge is 0.335 e. The Bertz CT molecular complexity index is 672. The van der Waals surface area contributed by atoms with Crippen LogP contribution in [-0.2, 0) is 13.1 Å². The predicted molar refractivity (Wildman–Crippen MR) is 71.9 cm³/mol. The second-order valence-electron chi connectivity index (χ2n) is 4.56. The summed E-state index contributed by atoms with van der Waals surface area (Å²) in [6.45, 7) is 1.34. The number of rotatable bonds is 3. The monoisotopic (exact) mass is 271 g/mol. The number of carbonyl (C=O) groups is 1. The number of ether oxygens (including phenoxy) is 1. The van der Waals surface area contributed by atoms with E-state index in [0.29, 0.717) is 24.5 Å². The second kappa shape index (κ2) is 4.80. The zero-order valence-corrected chi connectivity index (χ0v) is 10.9. The second-order valence-corrected chi connectivity index (χ2v) is 4.56. The summed E-state index contributed by atoms with van der Waals surface area (Å²) in [7, 11) is 1.56. The Kier molecular flexibility index (Phi) is 2.98. The summed E-state index contributed by atoms with van der Waals surface area (Å²) in [5, 5.41) is 9.02. The summed E-state index contributed by atoms with van der Waals surface area (Å²) in [5.74, 6) is 0.372. The average Bonchev–Trinajstić information content (AvgIpc) is 2.90. The van der Waals surface area contributed by atoms with Crippen molar-refractivity contribution in [2.24, 2.45) is 0 Å². The maximum atomic E-state index is 11.0. The van der Waals surface area contributed by atoms with E-state index >= 15 is 0 Å². The van der Waals surface area contributed by atoms with Crippen molar-refractivity contribution in [1.82, 2.24) is 9.97 Å². The van der Waals surface area contributed by atoms with Crippen LogP contribution in [0.25, 0.3) is 0 Å². The van der Waals surface area contributed by atoms with Gasteiger partial charge in [-0.25, -0.2) is 14.8 Å². The molecule has 3 rings (SSSR count). The Hall–Kier alpha value is -2.63. The van der Waals surface area contributed by atoms with Gasteiger partial charge < -0.3 is 14.7 Å². The highest BCUT2D eigenvalue weighted by Gasteiger charge is 2.21. The first-order chi connectivity index (χ1) is 9.67. The standard InChI is InChI=1S/C14H13N3O3/c1-20-13-5-12(15-8-16-13)17-6-10-3-2-9(14(18)19)4-11(10)7-17/h2-5,8H,6-7H2,1H3,(H,18,19). The van der Waals surface area contributed by atoms with Crippen LogP contribution in [0.3, 0.4) is 0 Å². The van der Waals surface area contributed by atoms with Gasteiger partial charge in [0.05, 0.1) is 12.7 Å². The zero-order chi connectivity index (χ0) is 14.1. The highest BCUT2D eigenvalue weighted by atomic mass is 16.5. The summed E-state index contributed by atoms with van der Waals surface area (Å²) in [6.07, 6.45) is 1.46. The number of hydrogen-bond donors (Lipinski definition) is 1. The van der Waals surface area contributed by atoms with Crippen molar-refractivity contribution in [1.29, 1.82) is 0 Å². The van der Waals surface area contributed by atoms with Crippen molar-refractivity contribution in [3.8, 4) is 5.88 Å². The number of aromatic nitrogens is 2. The third kappa shape index (κ3) is 2.16. The van der Waals surface area contributed by atoms with Gasteiger partial charge >= 0.3 is 5.97 Å². The molecule has 6 heteroatoms. The normalized spacial score (nSPS) is 13.2. The van der Waals surface area contributed by atoms with E-state index < -0.39 is 5.97 Å². The first-order valence-corrected chi connectivity index (χ1v) is 6.13. The number of carboxylic acid groups (broad SMARTS) is 1. The summed E-state index contributed by atoms with van der Waals surface area (Å²) < 4.78 is 5.09. The molecule has 20 heavy (non-hydrogen) atoms. The molecule has 2 aromatic rings. The molecule has 1 aromatic carbocycles. The third-order valence-corrected chi connectivity index (χ3v) is 3.34. The molecule has 0 atom stereocenters. The molecule has 0 saturated carbocycles. The summed E-state index contributed by atoms with van der Waals surface area (Å²) in [5.41, 5.74) is 2.45. The lowest BCUT2D eigenvalue weighted by atomic mass is 10.1. The molecule has 6 nitrogen and oxygen atoms in total. The van der Waals surface area contributed by atoms with Crippen LogP contribution in [0.5, 0.6) is 5.88 Å². The van der Waals surface area contributed by atoms with E-state index in [1.807, 2.05) is 6.07 Å². The fourth-order valence-electron chi connectivity index (χ4n) is 2.30. The Labute approximate surface area is 115 Å². The van der Waals surface area contributed by atoms with E-state index in [1.165, 1.54) is 6.33 Å². The minimum Gasteiger partial charge on any atom is -0.481 e. The third-order valence-electron chi connectivity index (χ3n) is 3.34. The van der Waals surface area contributed by atoms with Crippen LogP contribution < -0.4 is 9.64 Å². The van der Waals surface area contributed by atoms with Crippen molar-refractivity contribution < 1.29 is 14.6 Å². The molecule has 2 heterocycles. The average molecular weight is 271 g/mol. The molecule has 0 radical (unpaired) electrons. The van der Waals surface area contributed by atoms with Gasteiger partial charge in [-0.05, 0) is 23.3 Å². The van der Waals surface area contributed by atoms with E-state index in [9.17, 15) is 4.79 Å². The summed E-state index contributed by atoms with van der Waals surface area (Å²) in [4.78, 5) is 21.2. The lowest BCUT2D eigenvalue weighted by molar-refractivity contribution is 0.0697. The number of hydrogen-bond acceptors (Lipinski definition) is 5. The van der Waals surface area contributed by atoms with E-state index in [0.717, 1.165) is 16.9 Å². The van der Waals surface area contributed by atoms with Gasteiger partial charge in [0.2, 0.25) is 5.88 Å². The summed E-state index contributed by atoms with van der Waals surface area (Å²) in [6, 6.07) is 6.97. The minimum atomic E-state index is -0.907. The minimum absolute atomic E-state index is 0.311. The number of benzene rings is 1. The van der Waals surface area contributed by atoms with E-state index in [1.54, 1.807) is 25.3 Å². The molecular weight excluding hydrogens is 258 g/mol. The number of aromatic carboxylic acids is 1. The zero-order valence-electron chi connectivity index (χ0n) is 10.9. The Morgan fingerprint density at radius 1 is 1.25 bits per heavy atom. The van der Waals surface area contributed by atoms with Crippen LogP contribution in [0, 0.1) is 0 Å². The molecule has 0 aliphatic carbocycles. The van der Waals surface area contributed by atoms with Gasteiger partial charge in [-0.2, -0.15) is 0 Å². The first-order valence-electron chi connectivity index (χ1n) is 6.13. The maximum absolute atomic E-state index is 11.0. The molecule has 1 aromatic heterocycles. The van der Waals surface area contributed by atoms with Crippen molar-refractivity contribution in [3.63, 3.8) is 0 Å². The Morgan fingerprint density at radius 2 is 2.05 bits per heavy atom. The van der Waals surface area contributed by atoms with Crippen molar-refractivity contribution >= 4 is 11.8 Å². The highest BCUT2D eigenvalue weighted by Crippen LogP contribution is 2.28. The van der Waals surface area contributed by atoms with Crippen LogP contribution in [0.15, 0.2) is 30.6 Å². The van der Waals surface area contributed by atoms with Gasteiger partial charge in [-0.1, -0.05) is 6.07 Å². The van der Waals surface area contributed by atoms with Crippen molar-refractivity contribution in [2.75, 3.05) is 12.0 Å². The van der Waals surface area contributed by atoms with E-state index in [4.69, 9.17) is 9.84 Å². The first kappa shape index (κ1) is 12.4. The predicted octanol–water partition coefficient (Wildman–Crippen LogP) is 1.70. The van der Waals surface area contributed by atoms with Gasteiger partial charge in [0, 0.05) is 19.2 Å². The van der Waals surface area contributed by atoms with Crippen LogP contribution in [0.4, 0.5) is 5.82 Å². The Balaban J connectivity index is 1.87. The summed E-state index contributed by atoms with van der Waals surface area (Å²) >= 11 is 0. The van der Waals surface area contributed by atoms with Crippen LogP contribution in [-0.4, -0.2) is 28.2 Å². The van der Waals surface area contributed by atoms with Gasteiger partial charge in [0.1, 0.15) is 12.1 Å². The number of anilines is 1. The molecule has 1 aliphatic rings. The Morgan fingerprint density at radius 3 is 2.80 bits per heavy atom. The fraction of sp³-hybridized carbons (Fsp3) is 0.214. The molecule has 0 spiro atoms. The van der Waals surface area contributed by atoms with Gasteiger partial charge in [-0.15, -0.1) is 0 Å². The highest BCUT2D eigenvalue weighted by molar-refractivity contribution is 5.88. The largest absolute Gasteiger partial charge is 0.481 e. The van der Waals surface area contributed by atoms with Crippen LogP contribution in [0.2, 0.25) is 0 Å². The fourth-order valence-corrected chi connectivity index (χ4v) is 2.30. The number of fused-ring (bicyclic) bond motifs is 1. The maximum Gasteiger partial charge on any atom is 0.335 e. The van der Waals surface area contributed by atoms with E-state index in [-0.39, 0.29) is 0 Å². The van der Waals surface area contributed by atoms with Gasteiger partial charge in [0.15, 0.2) is 0 Å². The van der Waals surface area contributed by atoms with Crippen LogP contribution >= 0.6 is 0 Å². The lowest BCUT2D eigenvalue weighted by Gasteiger charge is -2.16. The van der Waals surface area contributed by atoms with E-state index in [2.05, 4.69) is 14.9 Å². The molecule has 0 amide bonds. The molecule has 0 saturated heterocycles. The lowest BCUT2D eigenvalue weighted by Crippen LogP contribution is -2.16. The van der Waals surface area contributed by atoms with Crippen molar-refractivity contribution in [2.45, 2.75) is 13.1 Å². The van der Waals surface area contributed by atoms with Gasteiger partial charge in [0.25, 0.3) is 0 Å². The molecule has 0 bridgehead atoms. The van der Waals surface area contributed by atoms with Crippen LogP contribution in [0.1, 0.15) is 21.5 Å². The quantitative estimate of drug-likeness (QED) is 0.915. The number of nitrogens with zero attached hydrogens (tertiary/aromatic N) is 3. The molecule has 0 fully saturated rings. The molecule has 1 N–H and O–H groups in total. The topological polar surface area (TPSA) is 75.5 Å².